The summed E-state index contributed by atoms with van der Waals surface area (Å²) in [5, 5.41) is 9.13. The fraction of sp³-hybridized carbons (Fsp3) is 0.706. The number of nitrogens with zero attached hydrogens (tertiary/aromatic N) is 2. The summed E-state index contributed by atoms with van der Waals surface area (Å²) in [7, 11) is 1.98. The molecular formula is C17H29BN2. The zero-order valence-corrected chi connectivity index (χ0v) is 14.5. The standard InChI is InChI=1S/C17H29BN2/c1-13-15(11-14(12-19)20(13)8)18(7)10-9-17(5,6)16(2,3)4/h11H,9-10H2,1-8H3. The van der Waals surface area contributed by atoms with Crippen LogP contribution in [-0.2, 0) is 7.05 Å². The predicted molar refractivity (Wildman–Crippen MR) is 88.8 cm³/mol. The molecule has 0 unspecified atom stereocenters. The minimum Gasteiger partial charge on any atom is -0.341 e. The van der Waals surface area contributed by atoms with Crippen molar-refractivity contribution >= 4 is 12.2 Å². The van der Waals surface area contributed by atoms with Gasteiger partial charge in [0.1, 0.15) is 11.8 Å². The third-order valence-corrected chi connectivity index (χ3v) is 5.45. The van der Waals surface area contributed by atoms with Crippen molar-refractivity contribution < 1.29 is 0 Å². The smallest absolute Gasteiger partial charge is 0.175 e. The van der Waals surface area contributed by atoms with Crippen LogP contribution in [0, 0.1) is 29.1 Å². The summed E-state index contributed by atoms with van der Waals surface area (Å²) in [5.41, 5.74) is 3.95. The molecule has 1 rings (SSSR count). The molecule has 1 aromatic heterocycles. The van der Waals surface area contributed by atoms with E-state index in [0.717, 1.165) is 5.69 Å². The van der Waals surface area contributed by atoms with Crippen LogP contribution in [0.3, 0.4) is 0 Å². The Kier molecular flexibility index (Phi) is 4.80. The first-order valence-corrected chi connectivity index (χ1v) is 7.57. The zero-order chi connectivity index (χ0) is 15.7. The average Bonchev–Trinajstić information content (AvgIpc) is 2.62. The zero-order valence-electron chi connectivity index (χ0n) is 14.5. The maximum Gasteiger partial charge on any atom is 0.175 e. The molecule has 0 atom stereocenters. The van der Waals surface area contributed by atoms with Crippen LogP contribution in [0.5, 0.6) is 0 Å². The summed E-state index contributed by atoms with van der Waals surface area (Å²) < 4.78 is 2.00. The van der Waals surface area contributed by atoms with Gasteiger partial charge in [-0.1, -0.05) is 59.6 Å². The van der Waals surface area contributed by atoms with E-state index < -0.39 is 0 Å². The van der Waals surface area contributed by atoms with Gasteiger partial charge in [-0.3, -0.25) is 0 Å². The van der Waals surface area contributed by atoms with Crippen LogP contribution in [0.4, 0.5) is 0 Å². The van der Waals surface area contributed by atoms with Crippen molar-refractivity contribution in [2.75, 3.05) is 0 Å². The molecule has 0 aliphatic rings. The number of hydrogen-bond donors (Lipinski definition) is 0. The molecule has 0 aliphatic carbocycles. The average molecular weight is 272 g/mol. The van der Waals surface area contributed by atoms with Gasteiger partial charge in [-0.15, -0.1) is 0 Å². The lowest BCUT2D eigenvalue weighted by molar-refractivity contribution is 0.126. The van der Waals surface area contributed by atoms with E-state index in [-0.39, 0.29) is 0 Å². The van der Waals surface area contributed by atoms with Gasteiger partial charge < -0.3 is 4.57 Å². The highest BCUT2D eigenvalue weighted by atomic mass is 14.9. The Morgan fingerprint density at radius 3 is 2.20 bits per heavy atom. The van der Waals surface area contributed by atoms with Gasteiger partial charge in [0.15, 0.2) is 6.71 Å². The van der Waals surface area contributed by atoms with Crippen molar-refractivity contribution in [3.05, 3.63) is 17.5 Å². The molecule has 0 bridgehead atoms. The molecule has 2 nitrogen and oxygen atoms in total. The van der Waals surface area contributed by atoms with Gasteiger partial charge in [-0.25, -0.2) is 0 Å². The predicted octanol–water partition coefficient (Wildman–Crippen LogP) is 4.00. The van der Waals surface area contributed by atoms with Crippen LogP contribution in [-0.4, -0.2) is 11.3 Å². The molecule has 0 saturated carbocycles. The van der Waals surface area contributed by atoms with E-state index in [1.165, 1.54) is 23.9 Å². The summed E-state index contributed by atoms with van der Waals surface area (Å²) in [6.45, 7) is 16.6. The molecular weight excluding hydrogens is 243 g/mol. The van der Waals surface area contributed by atoms with E-state index in [1.54, 1.807) is 0 Å². The van der Waals surface area contributed by atoms with Crippen LogP contribution in [0.15, 0.2) is 6.07 Å². The van der Waals surface area contributed by atoms with Crippen LogP contribution in [0.1, 0.15) is 52.4 Å². The topological polar surface area (TPSA) is 28.7 Å². The third-order valence-electron chi connectivity index (χ3n) is 5.45. The molecule has 0 aromatic carbocycles. The number of rotatable bonds is 4. The number of nitriles is 1. The highest BCUT2D eigenvalue weighted by Gasteiger charge is 2.33. The molecule has 1 heterocycles. The summed E-state index contributed by atoms with van der Waals surface area (Å²) in [6.07, 6.45) is 2.37. The van der Waals surface area contributed by atoms with Crippen molar-refractivity contribution in [2.45, 2.75) is 61.1 Å². The minimum absolute atomic E-state index is 0.316. The Bertz CT molecular complexity index is 512. The molecule has 1 aromatic rings. The van der Waals surface area contributed by atoms with Crippen LogP contribution < -0.4 is 5.46 Å². The molecule has 0 radical (unpaired) electrons. The lowest BCUT2D eigenvalue weighted by atomic mass is 9.42. The minimum atomic E-state index is 0.316. The first kappa shape index (κ1) is 16.9. The molecule has 3 heteroatoms. The Morgan fingerprint density at radius 2 is 1.80 bits per heavy atom. The maximum atomic E-state index is 9.13. The first-order valence-electron chi connectivity index (χ1n) is 7.57. The molecule has 110 valence electrons. The molecule has 0 N–H and O–H groups in total. The van der Waals surface area contributed by atoms with Crippen LogP contribution in [0.25, 0.3) is 0 Å². The summed E-state index contributed by atoms with van der Waals surface area (Å²) in [6, 6.07) is 4.33. The number of aromatic nitrogens is 1. The molecule has 0 aliphatic heterocycles. The summed E-state index contributed by atoms with van der Waals surface area (Å²) >= 11 is 0. The highest BCUT2D eigenvalue weighted by Crippen LogP contribution is 2.41. The molecule has 0 amide bonds. The molecule has 20 heavy (non-hydrogen) atoms. The van der Waals surface area contributed by atoms with Gasteiger partial charge >= 0.3 is 0 Å². The maximum absolute atomic E-state index is 9.13. The first-order chi connectivity index (χ1) is 9.01. The monoisotopic (exact) mass is 272 g/mol. The van der Waals surface area contributed by atoms with E-state index in [2.05, 4.69) is 60.5 Å². The van der Waals surface area contributed by atoms with Crippen LogP contribution in [0.2, 0.25) is 13.1 Å². The SMILES string of the molecule is CB(CCC(C)(C)C(C)(C)C)c1cc(C#N)n(C)c1C. The summed E-state index contributed by atoms with van der Waals surface area (Å²) in [4.78, 5) is 0. The lowest BCUT2D eigenvalue weighted by Gasteiger charge is -2.39. The van der Waals surface area contributed by atoms with Crippen molar-refractivity contribution in [2.24, 2.45) is 17.9 Å². The lowest BCUT2D eigenvalue weighted by Crippen LogP contribution is -2.34. The third kappa shape index (κ3) is 3.29. The van der Waals surface area contributed by atoms with E-state index >= 15 is 0 Å². The normalized spacial score (nSPS) is 12.3. The van der Waals surface area contributed by atoms with Crippen molar-refractivity contribution in [1.29, 1.82) is 5.26 Å². The molecule has 0 fully saturated rings. The highest BCUT2D eigenvalue weighted by molar-refractivity contribution is 6.72. The second-order valence-electron chi connectivity index (χ2n) is 7.81. The molecule has 0 spiro atoms. The van der Waals surface area contributed by atoms with Gasteiger partial charge in [0.2, 0.25) is 0 Å². The Hall–Kier alpha value is -1.17. The van der Waals surface area contributed by atoms with Crippen molar-refractivity contribution in [1.82, 2.24) is 4.57 Å². The van der Waals surface area contributed by atoms with E-state index in [0.29, 0.717) is 17.5 Å². The quantitative estimate of drug-likeness (QED) is 0.761. The van der Waals surface area contributed by atoms with Gasteiger partial charge in [-0.05, 0) is 23.8 Å². The number of hydrogen-bond acceptors (Lipinski definition) is 1. The second kappa shape index (κ2) is 5.68. The second-order valence-corrected chi connectivity index (χ2v) is 7.81. The van der Waals surface area contributed by atoms with Gasteiger partial charge in [0.25, 0.3) is 0 Å². The Labute approximate surface area is 125 Å². The molecule has 0 saturated heterocycles. The van der Waals surface area contributed by atoms with Gasteiger partial charge in [-0.2, -0.15) is 5.26 Å². The summed E-state index contributed by atoms with van der Waals surface area (Å²) in [5.74, 6) is 0. The Balaban J connectivity index is 2.84. The van der Waals surface area contributed by atoms with Crippen molar-refractivity contribution in [3.8, 4) is 6.07 Å². The fourth-order valence-electron chi connectivity index (χ4n) is 2.44. The fourth-order valence-corrected chi connectivity index (χ4v) is 2.44. The van der Waals surface area contributed by atoms with E-state index in [9.17, 15) is 0 Å². The van der Waals surface area contributed by atoms with Crippen molar-refractivity contribution in [3.63, 3.8) is 0 Å². The Morgan fingerprint density at radius 1 is 1.25 bits per heavy atom. The van der Waals surface area contributed by atoms with Gasteiger partial charge in [0, 0.05) is 12.7 Å². The van der Waals surface area contributed by atoms with E-state index in [1.807, 2.05) is 11.6 Å². The van der Waals surface area contributed by atoms with Crippen LogP contribution >= 0.6 is 0 Å². The van der Waals surface area contributed by atoms with E-state index in [4.69, 9.17) is 5.26 Å². The largest absolute Gasteiger partial charge is 0.341 e. The van der Waals surface area contributed by atoms with Gasteiger partial charge in [0.05, 0.1) is 0 Å².